The van der Waals surface area contributed by atoms with E-state index in [2.05, 4.69) is 0 Å². The number of carbonyl (C=O) groups is 1. The van der Waals surface area contributed by atoms with Crippen LogP contribution < -0.4 is 4.74 Å². The van der Waals surface area contributed by atoms with Gasteiger partial charge in [-0.2, -0.15) is 5.26 Å². The highest BCUT2D eigenvalue weighted by molar-refractivity contribution is 5.72. The Bertz CT molecular complexity index is 465. The summed E-state index contributed by atoms with van der Waals surface area (Å²) in [5.74, 6) is -1.00. The first-order valence-corrected chi connectivity index (χ1v) is 5.71. The first-order valence-electron chi connectivity index (χ1n) is 5.71. The van der Waals surface area contributed by atoms with Crippen LogP contribution in [0.25, 0.3) is 0 Å². The van der Waals surface area contributed by atoms with Crippen LogP contribution in [-0.2, 0) is 4.79 Å². The second kappa shape index (κ2) is 6.50. The number of aliphatic carboxylic acids is 1. The highest BCUT2D eigenvalue weighted by Gasteiger charge is 2.19. The normalized spacial score (nSPS) is 11.6. The zero-order valence-corrected chi connectivity index (χ0v) is 10.1. The van der Waals surface area contributed by atoms with Gasteiger partial charge in [0.15, 0.2) is 6.10 Å². The molecule has 96 valence electrons. The molecule has 1 atom stereocenters. The number of nitrogens with zero attached hydrogens (tertiary/aromatic N) is 1. The van der Waals surface area contributed by atoms with Crippen molar-refractivity contribution in [2.45, 2.75) is 32.3 Å². The van der Waals surface area contributed by atoms with Crippen molar-refractivity contribution >= 4 is 5.97 Å². The van der Waals surface area contributed by atoms with Gasteiger partial charge in [0.2, 0.25) is 0 Å². The highest BCUT2D eigenvalue weighted by Crippen LogP contribution is 2.24. The van der Waals surface area contributed by atoms with Gasteiger partial charge in [-0.15, -0.1) is 0 Å². The van der Waals surface area contributed by atoms with Crippen molar-refractivity contribution in [2.24, 2.45) is 0 Å². The molecule has 1 aromatic rings. The monoisotopic (exact) mass is 249 g/mol. The minimum atomic E-state index is -1.03. The summed E-state index contributed by atoms with van der Waals surface area (Å²) in [4.78, 5) is 11.0. The van der Waals surface area contributed by atoms with Gasteiger partial charge in [-0.25, -0.2) is 4.79 Å². The Balaban J connectivity index is 2.78. The third-order valence-corrected chi connectivity index (χ3v) is 2.46. The molecule has 1 aromatic carbocycles. The molecule has 18 heavy (non-hydrogen) atoms. The molecule has 0 saturated carbocycles. The summed E-state index contributed by atoms with van der Waals surface area (Å²) in [6.45, 7) is 1.96. The molecule has 0 bridgehead atoms. The van der Waals surface area contributed by atoms with Crippen molar-refractivity contribution in [2.75, 3.05) is 0 Å². The van der Waals surface area contributed by atoms with Crippen molar-refractivity contribution in [3.8, 4) is 17.6 Å². The van der Waals surface area contributed by atoms with Crippen molar-refractivity contribution in [3.05, 3.63) is 23.8 Å². The average Bonchev–Trinajstić information content (AvgIpc) is 2.34. The second-order valence-corrected chi connectivity index (χ2v) is 3.88. The van der Waals surface area contributed by atoms with Gasteiger partial charge in [-0.3, -0.25) is 0 Å². The summed E-state index contributed by atoms with van der Waals surface area (Å²) in [6, 6.07) is 5.93. The number of carboxylic acid groups (broad SMARTS) is 1. The number of phenols is 1. The molecule has 0 aromatic heterocycles. The molecule has 0 aliphatic rings. The highest BCUT2D eigenvalue weighted by atomic mass is 16.5. The molecular weight excluding hydrogens is 234 g/mol. The molecular formula is C13H15NO4. The van der Waals surface area contributed by atoms with E-state index in [1.54, 1.807) is 0 Å². The molecule has 0 saturated heterocycles. The molecule has 0 aliphatic heterocycles. The number of hydrogen-bond acceptors (Lipinski definition) is 4. The number of nitriles is 1. The standard InChI is InChI=1S/C13H15NO4/c1-2-3-4-12(13(16)17)18-10-6-5-9(8-14)11(15)7-10/h5-7,12,15H,2-4H2,1H3,(H,16,17). The summed E-state index contributed by atoms with van der Waals surface area (Å²) in [7, 11) is 0. The summed E-state index contributed by atoms with van der Waals surface area (Å²) in [6.07, 6.45) is 1.11. The van der Waals surface area contributed by atoms with Gasteiger partial charge >= 0.3 is 5.97 Å². The zero-order valence-electron chi connectivity index (χ0n) is 10.1. The van der Waals surface area contributed by atoms with E-state index in [1.807, 2.05) is 13.0 Å². The van der Waals surface area contributed by atoms with E-state index in [0.717, 1.165) is 12.8 Å². The van der Waals surface area contributed by atoms with Crippen LogP contribution in [0.1, 0.15) is 31.7 Å². The van der Waals surface area contributed by atoms with Gasteiger partial charge in [0, 0.05) is 6.07 Å². The molecule has 0 amide bonds. The zero-order chi connectivity index (χ0) is 13.5. The minimum absolute atomic E-state index is 0.128. The number of hydrogen-bond donors (Lipinski definition) is 2. The van der Waals surface area contributed by atoms with E-state index in [4.69, 9.17) is 15.1 Å². The van der Waals surface area contributed by atoms with Crippen molar-refractivity contribution in [3.63, 3.8) is 0 Å². The Morgan fingerprint density at radius 2 is 2.28 bits per heavy atom. The Morgan fingerprint density at radius 3 is 2.78 bits per heavy atom. The fourth-order valence-electron chi connectivity index (χ4n) is 1.47. The fraction of sp³-hybridized carbons (Fsp3) is 0.385. The number of aromatic hydroxyl groups is 1. The maximum atomic E-state index is 11.0. The van der Waals surface area contributed by atoms with Crippen molar-refractivity contribution < 1.29 is 19.7 Å². The Kier molecular flexibility index (Phi) is 5.00. The van der Waals surface area contributed by atoms with E-state index in [0.29, 0.717) is 6.42 Å². The fourth-order valence-corrected chi connectivity index (χ4v) is 1.47. The smallest absolute Gasteiger partial charge is 0.344 e. The van der Waals surface area contributed by atoms with E-state index in [9.17, 15) is 9.90 Å². The lowest BCUT2D eigenvalue weighted by molar-refractivity contribution is -0.145. The maximum absolute atomic E-state index is 11.0. The van der Waals surface area contributed by atoms with Gasteiger partial charge in [0.1, 0.15) is 17.6 Å². The maximum Gasteiger partial charge on any atom is 0.344 e. The van der Waals surface area contributed by atoms with Crippen LogP contribution in [0.3, 0.4) is 0 Å². The second-order valence-electron chi connectivity index (χ2n) is 3.88. The third kappa shape index (κ3) is 3.67. The molecule has 0 spiro atoms. The van der Waals surface area contributed by atoms with Crippen LogP contribution in [0.5, 0.6) is 11.5 Å². The number of benzene rings is 1. The molecule has 0 heterocycles. The lowest BCUT2D eigenvalue weighted by Gasteiger charge is -2.15. The Morgan fingerprint density at radius 1 is 1.56 bits per heavy atom. The molecule has 5 heteroatoms. The Hall–Kier alpha value is -2.22. The van der Waals surface area contributed by atoms with Crippen LogP contribution >= 0.6 is 0 Å². The van der Waals surface area contributed by atoms with E-state index in [-0.39, 0.29) is 17.1 Å². The molecule has 0 radical (unpaired) electrons. The summed E-state index contributed by atoms with van der Waals surface area (Å²) >= 11 is 0. The number of ether oxygens (including phenoxy) is 1. The van der Waals surface area contributed by atoms with Gasteiger partial charge in [-0.1, -0.05) is 13.3 Å². The largest absolute Gasteiger partial charge is 0.506 e. The lowest BCUT2D eigenvalue weighted by atomic mass is 10.1. The van der Waals surface area contributed by atoms with E-state index < -0.39 is 12.1 Å². The van der Waals surface area contributed by atoms with Crippen LogP contribution in [0, 0.1) is 11.3 Å². The number of phenolic OH excluding ortho intramolecular Hbond substituents is 1. The molecule has 1 unspecified atom stereocenters. The van der Waals surface area contributed by atoms with E-state index >= 15 is 0 Å². The summed E-state index contributed by atoms with van der Waals surface area (Å²) in [5.41, 5.74) is 0.128. The number of unbranched alkanes of at least 4 members (excludes halogenated alkanes) is 1. The Labute approximate surface area is 105 Å². The SMILES string of the molecule is CCCCC(Oc1ccc(C#N)c(O)c1)C(=O)O. The van der Waals surface area contributed by atoms with Gasteiger partial charge in [0.05, 0.1) is 5.56 Å². The molecule has 2 N–H and O–H groups in total. The predicted molar refractivity (Wildman–Crippen MR) is 64.4 cm³/mol. The third-order valence-electron chi connectivity index (χ3n) is 2.46. The molecule has 0 fully saturated rings. The van der Waals surface area contributed by atoms with Gasteiger partial charge < -0.3 is 14.9 Å². The van der Waals surface area contributed by atoms with Crippen molar-refractivity contribution in [1.29, 1.82) is 5.26 Å². The molecule has 5 nitrogen and oxygen atoms in total. The first-order chi connectivity index (χ1) is 8.58. The minimum Gasteiger partial charge on any atom is -0.506 e. The molecule has 1 rings (SSSR count). The van der Waals surface area contributed by atoms with E-state index in [1.165, 1.54) is 18.2 Å². The van der Waals surface area contributed by atoms with Crippen LogP contribution in [-0.4, -0.2) is 22.3 Å². The summed E-state index contributed by atoms with van der Waals surface area (Å²) < 4.78 is 5.29. The van der Waals surface area contributed by atoms with Crippen molar-refractivity contribution in [1.82, 2.24) is 0 Å². The quantitative estimate of drug-likeness (QED) is 0.807. The van der Waals surface area contributed by atoms with Crippen LogP contribution in [0.15, 0.2) is 18.2 Å². The molecule has 0 aliphatic carbocycles. The van der Waals surface area contributed by atoms with Gasteiger partial charge in [0.25, 0.3) is 0 Å². The van der Waals surface area contributed by atoms with Crippen LogP contribution in [0.4, 0.5) is 0 Å². The first kappa shape index (κ1) is 13.8. The topological polar surface area (TPSA) is 90.5 Å². The van der Waals surface area contributed by atoms with Gasteiger partial charge in [-0.05, 0) is 25.0 Å². The summed E-state index contributed by atoms with van der Waals surface area (Å²) in [5, 5.41) is 27.1. The predicted octanol–water partition coefficient (Wildman–Crippen LogP) is 2.29. The number of rotatable bonds is 6. The lowest BCUT2D eigenvalue weighted by Crippen LogP contribution is -2.26. The number of carboxylic acids is 1. The van der Waals surface area contributed by atoms with Crippen LogP contribution in [0.2, 0.25) is 0 Å². The average molecular weight is 249 g/mol.